The summed E-state index contributed by atoms with van der Waals surface area (Å²) in [6, 6.07) is 10.7. The Morgan fingerprint density at radius 1 is 1.14 bits per heavy atom. The van der Waals surface area contributed by atoms with Crippen LogP contribution in [-0.4, -0.2) is 56.4 Å². The van der Waals surface area contributed by atoms with Crippen molar-refractivity contribution in [3.8, 4) is 5.75 Å². The highest BCUT2D eigenvalue weighted by Crippen LogP contribution is 2.33. The zero-order chi connectivity index (χ0) is 27.1. The summed E-state index contributed by atoms with van der Waals surface area (Å²) < 4.78 is 65.5. The predicted molar refractivity (Wildman–Crippen MR) is 126 cm³/mol. The molecule has 0 bridgehead atoms. The number of aliphatic carboxylic acids is 1. The maximum absolute atomic E-state index is 12.9. The van der Waals surface area contributed by atoms with Crippen molar-refractivity contribution in [3.63, 3.8) is 0 Å². The zero-order valence-electron chi connectivity index (χ0n) is 19.6. The number of ether oxygens (including phenoxy) is 1. The summed E-state index contributed by atoms with van der Waals surface area (Å²) in [4.78, 5) is 22.5. The topological polar surface area (TPSA) is 133 Å². The van der Waals surface area contributed by atoms with Crippen LogP contribution in [0, 0.1) is 5.92 Å². The van der Waals surface area contributed by atoms with E-state index in [4.69, 9.17) is 14.6 Å². The van der Waals surface area contributed by atoms with Crippen molar-refractivity contribution >= 4 is 33.3 Å². The van der Waals surface area contributed by atoms with Crippen molar-refractivity contribution in [1.82, 2.24) is 0 Å². The first-order valence-corrected chi connectivity index (χ1v) is 12.4. The Morgan fingerprint density at radius 3 is 2.25 bits per heavy atom. The first kappa shape index (κ1) is 28.8. The summed E-state index contributed by atoms with van der Waals surface area (Å²) >= 11 is 0. The molecular formula is C23H27F3N2O7S. The molecule has 2 aromatic carbocycles. The van der Waals surface area contributed by atoms with Gasteiger partial charge in [-0.1, -0.05) is 6.92 Å². The SMILES string of the molecule is CCOc1ccc(S(=O)(=O)Nc2cc(C(=O)O)ccc2N2CCCC(C)C2)cc1.O=C(O)C(F)(F)F. The molecule has 0 spiro atoms. The monoisotopic (exact) mass is 532 g/mol. The van der Waals surface area contributed by atoms with E-state index in [-0.39, 0.29) is 16.1 Å². The first-order chi connectivity index (χ1) is 16.7. The van der Waals surface area contributed by atoms with Crippen LogP contribution in [-0.2, 0) is 14.8 Å². The van der Waals surface area contributed by atoms with Gasteiger partial charge < -0.3 is 19.8 Å². The van der Waals surface area contributed by atoms with Crippen molar-refractivity contribution < 1.29 is 46.1 Å². The normalized spacial score (nSPS) is 15.9. The van der Waals surface area contributed by atoms with Crippen LogP contribution < -0.4 is 14.4 Å². The number of nitrogens with one attached hydrogen (secondary N) is 1. The molecule has 0 saturated carbocycles. The van der Waals surface area contributed by atoms with Gasteiger partial charge in [0.05, 0.1) is 28.4 Å². The minimum atomic E-state index is -5.08. The lowest BCUT2D eigenvalue weighted by Crippen LogP contribution is -2.35. The summed E-state index contributed by atoms with van der Waals surface area (Å²) in [7, 11) is -3.89. The summed E-state index contributed by atoms with van der Waals surface area (Å²) in [5.74, 6) is -2.79. The highest BCUT2D eigenvalue weighted by Gasteiger charge is 2.38. The maximum Gasteiger partial charge on any atom is 0.490 e. The molecule has 13 heteroatoms. The standard InChI is InChI=1S/C21H26N2O5S.C2HF3O2/c1-3-28-17-7-9-18(10-8-17)29(26,27)22-19-13-16(21(24)25)6-11-20(19)23-12-4-5-15(2)14-23;3-2(4,5)1(6)7/h6-11,13,15,22H,3-5,12,14H2,1-2H3,(H,24,25);(H,6,7). The molecule has 36 heavy (non-hydrogen) atoms. The predicted octanol–water partition coefficient (Wildman–Crippen LogP) is 4.45. The van der Waals surface area contributed by atoms with Crippen LogP contribution in [0.15, 0.2) is 47.4 Å². The molecule has 1 saturated heterocycles. The minimum Gasteiger partial charge on any atom is -0.494 e. The van der Waals surface area contributed by atoms with E-state index < -0.39 is 28.1 Å². The number of alkyl halides is 3. The molecule has 1 aliphatic heterocycles. The smallest absolute Gasteiger partial charge is 0.490 e. The van der Waals surface area contributed by atoms with E-state index in [9.17, 15) is 31.5 Å². The molecule has 1 fully saturated rings. The fourth-order valence-electron chi connectivity index (χ4n) is 3.52. The Balaban J connectivity index is 0.000000572. The van der Waals surface area contributed by atoms with E-state index in [1.807, 2.05) is 6.92 Å². The van der Waals surface area contributed by atoms with Crippen LogP contribution in [0.1, 0.15) is 37.0 Å². The molecule has 9 nitrogen and oxygen atoms in total. The Kier molecular flexibility index (Phi) is 9.56. The van der Waals surface area contributed by atoms with Crippen molar-refractivity contribution in [2.45, 2.75) is 37.8 Å². The van der Waals surface area contributed by atoms with E-state index in [1.165, 1.54) is 24.3 Å². The molecule has 0 amide bonds. The van der Waals surface area contributed by atoms with Crippen LogP contribution in [0.4, 0.5) is 24.5 Å². The average molecular weight is 533 g/mol. The van der Waals surface area contributed by atoms with Crippen molar-refractivity contribution in [3.05, 3.63) is 48.0 Å². The van der Waals surface area contributed by atoms with Crippen LogP contribution in [0.25, 0.3) is 0 Å². The van der Waals surface area contributed by atoms with Crippen LogP contribution >= 0.6 is 0 Å². The second-order valence-electron chi connectivity index (χ2n) is 8.04. The molecule has 0 radical (unpaired) electrons. The summed E-state index contributed by atoms with van der Waals surface area (Å²) in [5, 5.41) is 16.5. The van der Waals surface area contributed by atoms with Gasteiger partial charge in [0.15, 0.2) is 0 Å². The lowest BCUT2D eigenvalue weighted by molar-refractivity contribution is -0.192. The van der Waals surface area contributed by atoms with Gasteiger partial charge in [-0.3, -0.25) is 4.72 Å². The lowest BCUT2D eigenvalue weighted by Gasteiger charge is -2.34. The number of sulfonamides is 1. The molecule has 1 heterocycles. The van der Waals surface area contributed by atoms with Gasteiger partial charge in [0.2, 0.25) is 0 Å². The molecule has 3 rings (SSSR count). The van der Waals surface area contributed by atoms with Gasteiger partial charge in [0, 0.05) is 13.1 Å². The molecule has 3 N–H and O–H groups in total. The number of carboxylic acids is 2. The number of aromatic carboxylic acids is 1. The molecule has 0 aliphatic carbocycles. The third-order valence-corrected chi connectivity index (χ3v) is 6.55. The number of benzene rings is 2. The van der Waals surface area contributed by atoms with Gasteiger partial charge in [-0.25, -0.2) is 18.0 Å². The third kappa shape index (κ3) is 8.04. The van der Waals surface area contributed by atoms with Crippen molar-refractivity contribution in [2.75, 3.05) is 29.3 Å². The molecule has 1 unspecified atom stereocenters. The van der Waals surface area contributed by atoms with Crippen LogP contribution in [0.3, 0.4) is 0 Å². The molecule has 0 aromatic heterocycles. The summed E-state index contributed by atoms with van der Waals surface area (Å²) in [6.45, 7) is 6.09. The van der Waals surface area contributed by atoms with Gasteiger partial charge >= 0.3 is 18.1 Å². The highest BCUT2D eigenvalue weighted by molar-refractivity contribution is 7.92. The number of anilines is 2. The maximum atomic E-state index is 12.9. The summed E-state index contributed by atoms with van der Waals surface area (Å²) in [5.41, 5.74) is 0.993. The highest BCUT2D eigenvalue weighted by atomic mass is 32.2. The quantitative estimate of drug-likeness (QED) is 0.476. The average Bonchev–Trinajstić information content (AvgIpc) is 2.79. The Bertz CT molecular complexity index is 1170. The number of carboxylic acid groups (broad SMARTS) is 2. The number of hydrogen-bond acceptors (Lipinski definition) is 6. The Labute approximate surface area is 206 Å². The number of piperidine rings is 1. The lowest BCUT2D eigenvalue weighted by atomic mass is 9.99. The van der Waals surface area contributed by atoms with Crippen LogP contribution in [0.2, 0.25) is 0 Å². The number of hydrogen-bond donors (Lipinski definition) is 3. The number of rotatable bonds is 7. The molecular weight excluding hydrogens is 505 g/mol. The second-order valence-corrected chi connectivity index (χ2v) is 9.73. The third-order valence-electron chi connectivity index (χ3n) is 5.17. The Morgan fingerprint density at radius 2 is 1.75 bits per heavy atom. The number of carbonyl (C=O) groups is 2. The molecule has 198 valence electrons. The van der Waals surface area contributed by atoms with Crippen molar-refractivity contribution in [1.29, 1.82) is 0 Å². The summed E-state index contributed by atoms with van der Waals surface area (Å²) in [6.07, 6.45) is -2.95. The first-order valence-electron chi connectivity index (χ1n) is 10.9. The zero-order valence-corrected chi connectivity index (χ0v) is 20.4. The molecule has 1 aliphatic rings. The number of halogens is 3. The van der Waals surface area contributed by atoms with Gasteiger partial charge in [-0.2, -0.15) is 13.2 Å². The Hall–Kier alpha value is -3.48. The van der Waals surface area contributed by atoms with Gasteiger partial charge in [-0.15, -0.1) is 0 Å². The molecule has 2 aromatic rings. The van der Waals surface area contributed by atoms with E-state index in [2.05, 4.69) is 16.5 Å². The van der Waals surface area contributed by atoms with Gasteiger partial charge in [0.25, 0.3) is 10.0 Å². The van der Waals surface area contributed by atoms with E-state index >= 15 is 0 Å². The fourth-order valence-corrected chi connectivity index (χ4v) is 4.59. The van der Waals surface area contributed by atoms with Crippen molar-refractivity contribution in [2.24, 2.45) is 5.92 Å². The van der Waals surface area contributed by atoms with E-state index in [1.54, 1.807) is 18.2 Å². The van der Waals surface area contributed by atoms with Crippen LogP contribution in [0.5, 0.6) is 5.75 Å². The van der Waals surface area contributed by atoms with E-state index in [0.29, 0.717) is 24.0 Å². The van der Waals surface area contributed by atoms with Gasteiger partial charge in [0.1, 0.15) is 5.75 Å². The molecule has 1 atom stereocenters. The fraction of sp³-hybridized carbons (Fsp3) is 0.391. The second kappa shape index (κ2) is 12.0. The van der Waals surface area contributed by atoms with E-state index in [0.717, 1.165) is 25.9 Å². The number of nitrogens with zero attached hydrogens (tertiary/aromatic N) is 1. The largest absolute Gasteiger partial charge is 0.494 e. The van der Waals surface area contributed by atoms with Gasteiger partial charge in [-0.05, 0) is 68.1 Å². The minimum absolute atomic E-state index is 0.0307.